The Balaban J connectivity index is 1.41. The lowest BCUT2D eigenvalue weighted by Crippen LogP contribution is -2.47. The van der Waals surface area contributed by atoms with Crippen LogP contribution in [-0.4, -0.2) is 55.0 Å². The minimum atomic E-state index is -0.476. The smallest absolute Gasteiger partial charge is 0.254 e. The second kappa shape index (κ2) is 7.54. The Bertz CT molecular complexity index is 793. The monoisotopic (exact) mass is 369 g/mol. The van der Waals surface area contributed by atoms with Crippen LogP contribution >= 0.6 is 0 Å². The first-order valence-corrected chi connectivity index (χ1v) is 9.12. The van der Waals surface area contributed by atoms with Gasteiger partial charge in [-0.1, -0.05) is 0 Å². The summed E-state index contributed by atoms with van der Waals surface area (Å²) in [6, 6.07) is 11.1. The van der Waals surface area contributed by atoms with Crippen molar-refractivity contribution in [2.24, 2.45) is 0 Å². The predicted octanol–water partition coefficient (Wildman–Crippen LogP) is 2.81. The van der Waals surface area contributed by atoms with Gasteiger partial charge in [-0.3, -0.25) is 4.79 Å². The Labute approximate surface area is 158 Å². The summed E-state index contributed by atoms with van der Waals surface area (Å²) < 4.78 is 16.6. The van der Waals surface area contributed by atoms with Crippen molar-refractivity contribution in [3.05, 3.63) is 48.2 Å². The highest BCUT2D eigenvalue weighted by molar-refractivity contribution is 5.95. The van der Waals surface area contributed by atoms with E-state index in [1.165, 1.54) is 0 Å². The molecule has 0 radical (unpaired) electrons. The van der Waals surface area contributed by atoms with Gasteiger partial charge in [-0.15, -0.1) is 0 Å². The van der Waals surface area contributed by atoms with Crippen molar-refractivity contribution >= 4 is 17.4 Å². The maximum atomic E-state index is 12.9. The molecule has 3 heterocycles. The maximum Gasteiger partial charge on any atom is 0.254 e. The predicted molar refractivity (Wildman–Crippen MR) is 100 cm³/mol. The molecule has 2 saturated heterocycles. The number of rotatable bonds is 4. The lowest BCUT2D eigenvalue weighted by atomic mass is 10.0. The first-order chi connectivity index (χ1) is 13.2. The largest absolute Gasteiger partial charge is 0.497 e. The van der Waals surface area contributed by atoms with Gasteiger partial charge < -0.3 is 24.4 Å². The second-order valence-corrected chi connectivity index (χ2v) is 6.68. The zero-order chi connectivity index (χ0) is 18.7. The number of anilines is 2. The number of amides is 1. The average molecular weight is 369 g/mol. The number of carbonyl (C=O) groups is 1. The highest BCUT2D eigenvalue weighted by Gasteiger charge is 2.40. The Morgan fingerprint density at radius 2 is 1.85 bits per heavy atom. The molecule has 1 N–H and O–H groups in total. The van der Waals surface area contributed by atoms with E-state index in [9.17, 15) is 4.79 Å². The summed E-state index contributed by atoms with van der Waals surface area (Å²) in [7, 11) is 1.63. The fourth-order valence-electron chi connectivity index (χ4n) is 3.47. The van der Waals surface area contributed by atoms with Gasteiger partial charge in [0.1, 0.15) is 11.6 Å². The van der Waals surface area contributed by atoms with E-state index >= 15 is 0 Å². The van der Waals surface area contributed by atoms with Gasteiger partial charge in [0.2, 0.25) is 0 Å². The van der Waals surface area contributed by atoms with Gasteiger partial charge in [0, 0.05) is 43.4 Å². The summed E-state index contributed by atoms with van der Waals surface area (Å²) in [5, 5.41) is 3.22. The quantitative estimate of drug-likeness (QED) is 0.893. The number of carbonyl (C=O) groups excluding carboxylic acids is 1. The van der Waals surface area contributed by atoms with Crippen molar-refractivity contribution in [2.45, 2.75) is 18.6 Å². The van der Waals surface area contributed by atoms with Crippen LogP contribution in [0.15, 0.2) is 42.6 Å². The Morgan fingerprint density at radius 3 is 2.52 bits per heavy atom. The van der Waals surface area contributed by atoms with Gasteiger partial charge in [0.25, 0.3) is 5.91 Å². The van der Waals surface area contributed by atoms with E-state index < -0.39 is 5.79 Å². The van der Waals surface area contributed by atoms with Gasteiger partial charge in [0.15, 0.2) is 5.79 Å². The third-order valence-corrected chi connectivity index (χ3v) is 5.00. The van der Waals surface area contributed by atoms with Crippen LogP contribution in [0, 0.1) is 0 Å². The van der Waals surface area contributed by atoms with Crippen molar-refractivity contribution in [3.63, 3.8) is 0 Å². The van der Waals surface area contributed by atoms with Crippen molar-refractivity contribution in [2.75, 3.05) is 38.7 Å². The van der Waals surface area contributed by atoms with Gasteiger partial charge >= 0.3 is 0 Å². The molecule has 0 unspecified atom stereocenters. The van der Waals surface area contributed by atoms with Crippen molar-refractivity contribution in [1.82, 2.24) is 9.88 Å². The summed E-state index contributed by atoms with van der Waals surface area (Å²) in [4.78, 5) is 19.0. The SMILES string of the molecule is COc1ccc(Nc2cc(C(=O)N3CCC4(CC3)OCCO4)ccn2)cc1. The Kier molecular flexibility index (Phi) is 4.96. The molecule has 142 valence electrons. The number of ether oxygens (including phenoxy) is 3. The van der Waals surface area contributed by atoms with Crippen LogP contribution in [0.3, 0.4) is 0 Å². The molecule has 0 saturated carbocycles. The summed E-state index contributed by atoms with van der Waals surface area (Å²) in [5.74, 6) is 0.941. The normalized spacial score (nSPS) is 18.5. The molecule has 0 atom stereocenters. The highest BCUT2D eigenvalue weighted by Crippen LogP contribution is 2.31. The fourth-order valence-corrected chi connectivity index (χ4v) is 3.47. The molecule has 4 rings (SSSR count). The Morgan fingerprint density at radius 1 is 1.15 bits per heavy atom. The molecule has 0 bridgehead atoms. The number of pyridine rings is 1. The van der Waals surface area contributed by atoms with Crippen LogP contribution in [0.25, 0.3) is 0 Å². The average Bonchev–Trinajstić information content (AvgIpc) is 3.17. The molecule has 7 heteroatoms. The Hall–Kier alpha value is -2.64. The van der Waals surface area contributed by atoms with E-state index in [0.29, 0.717) is 50.5 Å². The third-order valence-electron chi connectivity index (χ3n) is 5.00. The number of nitrogens with zero attached hydrogens (tertiary/aromatic N) is 2. The highest BCUT2D eigenvalue weighted by atomic mass is 16.7. The van der Waals surface area contributed by atoms with Gasteiger partial charge in [-0.25, -0.2) is 4.98 Å². The van der Waals surface area contributed by atoms with Crippen LogP contribution in [0.2, 0.25) is 0 Å². The van der Waals surface area contributed by atoms with Gasteiger partial charge in [-0.05, 0) is 36.4 Å². The molecule has 2 aliphatic rings. The second-order valence-electron chi connectivity index (χ2n) is 6.68. The van der Waals surface area contributed by atoms with Crippen molar-refractivity contribution in [3.8, 4) is 5.75 Å². The maximum absolute atomic E-state index is 12.9. The minimum Gasteiger partial charge on any atom is -0.497 e. The number of piperidine rings is 1. The van der Waals surface area contributed by atoms with Crippen molar-refractivity contribution < 1.29 is 19.0 Å². The topological polar surface area (TPSA) is 72.9 Å². The number of benzene rings is 1. The minimum absolute atomic E-state index is 0.00280. The van der Waals surface area contributed by atoms with E-state index in [4.69, 9.17) is 14.2 Å². The molecule has 2 aliphatic heterocycles. The first kappa shape index (κ1) is 17.8. The number of methoxy groups -OCH3 is 1. The van der Waals surface area contributed by atoms with Crippen molar-refractivity contribution in [1.29, 1.82) is 0 Å². The molecule has 1 aromatic heterocycles. The van der Waals surface area contributed by atoms with E-state index in [1.54, 1.807) is 25.4 Å². The molecule has 7 nitrogen and oxygen atoms in total. The van der Waals surface area contributed by atoms with E-state index in [-0.39, 0.29) is 5.91 Å². The molecule has 1 amide bonds. The number of hydrogen-bond donors (Lipinski definition) is 1. The zero-order valence-corrected chi connectivity index (χ0v) is 15.3. The standard InChI is InChI=1S/C20H23N3O4/c1-25-17-4-2-16(3-5-17)22-18-14-15(6-9-21-18)19(24)23-10-7-20(8-11-23)26-12-13-27-20/h2-6,9,14H,7-8,10-13H2,1H3,(H,21,22). The summed E-state index contributed by atoms with van der Waals surface area (Å²) in [6.07, 6.45) is 3.06. The third kappa shape index (κ3) is 3.89. The number of hydrogen-bond acceptors (Lipinski definition) is 6. The molecule has 2 fully saturated rings. The first-order valence-electron chi connectivity index (χ1n) is 9.12. The molecule has 1 spiro atoms. The summed E-state index contributed by atoms with van der Waals surface area (Å²) >= 11 is 0. The number of nitrogens with one attached hydrogen (secondary N) is 1. The van der Waals surface area contributed by atoms with Gasteiger partial charge in [-0.2, -0.15) is 0 Å². The molecular weight excluding hydrogens is 346 g/mol. The van der Waals surface area contributed by atoms with Crippen LogP contribution in [-0.2, 0) is 9.47 Å². The lowest BCUT2D eigenvalue weighted by molar-refractivity contribution is -0.181. The van der Waals surface area contributed by atoms with Crippen LogP contribution in [0.5, 0.6) is 5.75 Å². The summed E-state index contributed by atoms with van der Waals surface area (Å²) in [5.41, 5.74) is 1.49. The zero-order valence-electron chi connectivity index (χ0n) is 15.3. The number of likely N-dealkylation sites (tertiary alicyclic amines) is 1. The lowest BCUT2D eigenvalue weighted by Gasteiger charge is -2.37. The van der Waals surface area contributed by atoms with Crippen LogP contribution < -0.4 is 10.1 Å². The van der Waals surface area contributed by atoms with E-state index in [1.807, 2.05) is 29.2 Å². The molecule has 27 heavy (non-hydrogen) atoms. The summed E-state index contributed by atoms with van der Waals surface area (Å²) in [6.45, 7) is 2.53. The molecule has 1 aromatic carbocycles. The number of aromatic nitrogens is 1. The van der Waals surface area contributed by atoms with Gasteiger partial charge in [0.05, 0.1) is 20.3 Å². The van der Waals surface area contributed by atoms with Crippen LogP contribution in [0.4, 0.5) is 11.5 Å². The fraction of sp³-hybridized carbons (Fsp3) is 0.400. The molecular formula is C20H23N3O4. The molecule has 2 aromatic rings. The van der Waals surface area contributed by atoms with E-state index in [0.717, 1.165) is 11.4 Å². The molecule has 0 aliphatic carbocycles. The van der Waals surface area contributed by atoms with Crippen LogP contribution in [0.1, 0.15) is 23.2 Å². The van der Waals surface area contributed by atoms with E-state index in [2.05, 4.69) is 10.3 Å².